The minimum absolute atomic E-state index is 0.00971. The molecule has 5 aliphatic rings. The summed E-state index contributed by atoms with van der Waals surface area (Å²) in [5.41, 5.74) is 2.94. The van der Waals surface area contributed by atoms with Gasteiger partial charge in [0, 0.05) is 36.2 Å². The fraction of sp³-hybridized carbons (Fsp3) is 0.708. The number of likely N-dealkylation sites (N-methyl/N-ethyl adjacent to an activating group) is 1. The number of amides is 1. The number of rotatable bonds is 4. The number of anilines is 1. The maximum atomic E-state index is 12.9. The summed E-state index contributed by atoms with van der Waals surface area (Å²) in [6.07, 6.45) is 2.62. The monoisotopic (exact) mass is 458 g/mol. The molecule has 9 heteroatoms. The van der Waals surface area contributed by atoms with E-state index in [1.165, 1.54) is 5.56 Å². The first-order chi connectivity index (χ1) is 16.0. The van der Waals surface area contributed by atoms with Crippen LogP contribution in [-0.4, -0.2) is 96.3 Å². The van der Waals surface area contributed by atoms with Gasteiger partial charge in [0.2, 0.25) is 5.91 Å². The molecule has 6 rings (SSSR count). The van der Waals surface area contributed by atoms with Gasteiger partial charge in [-0.05, 0) is 50.9 Å². The Bertz CT molecular complexity index is 944. The molecule has 4 saturated heterocycles. The van der Waals surface area contributed by atoms with Crippen LogP contribution in [0.15, 0.2) is 12.1 Å². The molecule has 5 aliphatic heterocycles. The molecule has 0 spiro atoms. The van der Waals surface area contributed by atoms with Gasteiger partial charge in [0.1, 0.15) is 18.0 Å². The van der Waals surface area contributed by atoms with Crippen LogP contribution < -0.4 is 15.4 Å². The van der Waals surface area contributed by atoms with E-state index in [9.17, 15) is 15.0 Å². The number of aliphatic hydroxyl groups is 2. The summed E-state index contributed by atoms with van der Waals surface area (Å²) in [5.74, 6) is 0.707. The van der Waals surface area contributed by atoms with Crippen molar-refractivity contribution < 1.29 is 24.5 Å². The van der Waals surface area contributed by atoms with Crippen molar-refractivity contribution in [2.24, 2.45) is 5.92 Å². The molecule has 0 aromatic heterocycles. The van der Waals surface area contributed by atoms with Gasteiger partial charge in [-0.2, -0.15) is 0 Å². The Balaban J connectivity index is 1.34. The van der Waals surface area contributed by atoms with Gasteiger partial charge in [0.05, 0.1) is 31.5 Å². The molecule has 0 radical (unpaired) electrons. The molecule has 5 heterocycles. The highest BCUT2D eigenvalue weighted by atomic mass is 16.5. The molecule has 1 amide bonds. The minimum Gasteiger partial charge on any atom is -0.494 e. The largest absolute Gasteiger partial charge is 0.494 e. The molecule has 9 nitrogen and oxygen atoms in total. The lowest BCUT2D eigenvalue weighted by atomic mass is 9.81. The predicted octanol–water partition coefficient (Wildman–Crippen LogP) is 0.0655. The Morgan fingerprint density at radius 1 is 1.36 bits per heavy atom. The van der Waals surface area contributed by atoms with Crippen molar-refractivity contribution in [1.29, 1.82) is 0 Å². The average Bonchev–Trinajstić information content (AvgIpc) is 3.36. The number of carbonyl (C=O) groups excluding carboxylic acids is 1. The number of piperidine rings is 1. The third-order valence-corrected chi connectivity index (χ3v) is 8.66. The molecule has 1 aromatic rings. The highest BCUT2D eigenvalue weighted by Crippen LogP contribution is 2.53. The van der Waals surface area contributed by atoms with E-state index in [2.05, 4.69) is 33.5 Å². The fourth-order valence-electron chi connectivity index (χ4n) is 7.24. The van der Waals surface area contributed by atoms with Crippen LogP contribution in [0.2, 0.25) is 0 Å². The molecule has 0 saturated carbocycles. The van der Waals surface area contributed by atoms with Crippen molar-refractivity contribution >= 4 is 11.6 Å². The topological polar surface area (TPSA) is 107 Å². The predicted molar refractivity (Wildman–Crippen MR) is 121 cm³/mol. The summed E-state index contributed by atoms with van der Waals surface area (Å²) >= 11 is 0. The number of hydrogen-bond donors (Lipinski definition) is 4. The smallest absolute Gasteiger partial charge is 0.244 e. The molecule has 8 atom stereocenters. The number of nitrogens with zero attached hydrogens (tertiary/aromatic N) is 2. The first-order valence-corrected chi connectivity index (χ1v) is 12.2. The van der Waals surface area contributed by atoms with Gasteiger partial charge in [0.15, 0.2) is 0 Å². The van der Waals surface area contributed by atoms with Gasteiger partial charge < -0.3 is 30.3 Å². The van der Waals surface area contributed by atoms with Gasteiger partial charge in [-0.1, -0.05) is 6.07 Å². The normalized spacial score (nSPS) is 39.8. The zero-order valence-corrected chi connectivity index (χ0v) is 19.2. The Morgan fingerprint density at radius 2 is 2.21 bits per heavy atom. The minimum atomic E-state index is -0.688. The number of nitrogens with one attached hydrogen (secondary N) is 2. The number of aliphatic hydroxyl groups excluding tert-OH is 2. The molecule has 33 heavy (non-hydrogen) atoms. The maximum Gasteiger partial charge on any atom is 0.244 e. The zero-order valence-electron chi connectivity index (χ0n) is 19.2. The van der Waals surface area contributed by atoms with Gasteiger partial charge >= 0.3 is 0 Å². The molecular formula is C24H34N4O5. The molecule has 2 bridgehead atoms. The van der Waals surface area contributed by atoms with Crippen LogP contribution >= 0.6 is 0 Å². The lowest BCUT2D eigenvalue weighted by Gasteiger charge is -2.51. The van der Waals surface area contributed by atoms with E-state index in [1.807, 2.05) is 6.07 Å². The summed E-state index contributed by atoms with van der Waals surface area (Å²) < 4.78 is 12.3. The van der Waals surface area contributed by atoms with Crippen molar-refractivity contribution in [2.75, 3.05) is 39.2 Å². The maximum absolute atomic E-state index is 12.9. The molecule has 4 fully saturated rings. The third kappa shape index (κ3) is 3.17. The number of methoxy groups -OCH3 is 1. The number of fused-ring (bicyclic) bond motifs is 6. The molecule has 0 aliphatic carbocycles. The summed E-state index contributed by atoms with van der Waals surface area (Å²) in [5, 5.41) is 26.5. The van der Waals surface area contributed by atoms with Crippen LogP contribution in [0.3, 0.4) is 0 Å². The SMILES string of the molecule is COc1c(NC(=O)[C@H]2NCCC[C@H]2O)ccc2c1[C@@H]1CO[C@@H]3[C@@H]4CC(CO)[C@H](C(C2)N31)N4C. The Kier molecular flexibility index (Phi) is 5.39. The van der Waals surface area contributed by atoms with Crippen LogP contribution in [-0.2, 0) is 16.0 Å². The van der Waals surface area contributed by atoms with Gasteiger partial charge in [0.25, 0.3) is 0 Å². The van der Waals surface area contributed by atoms with Crippen molar-refractivity contribution in [2.45, 2.75) is 68.2 Å². The summed E-state index contributed by atoms with van der Waals surface area (Å²) in [4.78, 5) is 17.9. The van der Waals surface area contributed by atoms with Crippen LogP contribution in [0.5, 0.6) is 5.75 Å². The summed E-state index contributed by atoms with van der Waals surface area (Å²) in [7, 11) is 3.81. The number of piperazine rings is 1. The lowest BCUT2D eigenvalue weighted by Crippen LogP contribution is -2.64. The Labute approximate surface area is 194 Å². The zero-order chi connectivity index (χ0) is 22.9. The van der Waals surface area contributed by atoms with Gasteiger partial charge in [-0.3, -0.25) is 14.6 Å². The lowest BCUT2D eigenvalue weighted by molar-refractivity contribution is -0.121. The quantitative estimate of drug-likeness (QED) is 0.502. The van der Waals surface area contributed by atoms with E-state index < -0.39 is 12.1 Å². The second-order valence-corrected chi connectivity index (χ2v) is 10.2. The molecule has 180 valence electrons. The molecule has 1 aromatic carbocycles. The highest BCUT2D eigenvalue weighted by Gasteiger charge is 2.60. The van der Waals surface area contributed by atoms with Crippen LogP contribution in [0.1, 0.15) is 36.4 Å². The van der Waals surface area contributed by atoms with E-state index in [0.29, 0.717) is 30.5 Å². The number of carbonyl (C=O) groups is 1. The summed E-state index contributed by atoms with van der Waals surface area (Å²) in [6.45, 7) is 1.51. The van der Waals surface area contributed by atoms with Crippen molar-refractivity contribution in [1.82, 2.24) is 15.1 Å². The standard InChI is InChI=1S/C24H34N4O5/c1-27-16-9-13(10-29)21(27)15-8-12-5-6-14(26-23(31)20-18(30)4-3-7-25-20)22(32-2)19(12)17-11-33-24(16)28(15)17/h5-6,13,15-18,20-21,24-25,29-30H,3-4,7-11H2,1-2H3,(H,26,31)/t13?,15?,16-,17-,18+,20-,21+,24+/m0/s1. The third-order valence-electron chi connectivity index (χ3n) is 8.66. The van der Waals surface area contributed by atoms with Crippen molar-refractivity contribution in [3.8, 4) is 5.75 Å². The van der Waals surface area contributed by atoms with Gasteiger partial charge in [-0.15, -0.1) is 0 Å². The average molecular weight is 459 g/mol. The number of hydrogen-bond acceptors (Lipinski definition) is 8. The van der Waals surface area contributed by atoms with E-state index >= 15 is 0 Å². The second kappa shape index (κ2) is 8.18. The van der Waals surface area contributed by atoms with E-state index in [-0.39, 0.29) is 42.8 Å². The van der Waals surface area contributed by atoms with Crippen molar-refractivity contribution in [3.05, 3.63) is 23.3 Å². The number of benzene rings is 1. The van der Waals surface area contributed by atoms with E-state index in [4.69, 9.17) is 9.47 Å². The highest BCUT2D eigenvalue weighted by molar-refractivity contribution is 5.97. The number of ether oxygens (including phenoxy) is 2. The molecular weight excluding hydrogens is 424 g/mol. The van der Waals surface area contributed by atoms with Crippen LogP contribution in [0, 0.1) is 5.92 Å². The molecule has 2 unspecified atom stereocenters. The second-order valence-electron chi connectivity index (χ2n) is 10.2. The van der Waals surface area contributed by atoms with Crippen LogP contribution in [0.25, 0.3) is 0 Å². The first-order valence-electron chi connectivity index (χ1n) is 12.2. The summed E-state index contributed by atoms with van der Waals surface area (Å²) in [6, 6.07) is 4.32. The first kappa shape index (κ1) is 21.8. The molecule has 4 N–H and O–H groups in total. The van der Waals surface area contributed by atoms with Crippen molar-refractivity contribution in [3.63, 3.8) is 0 Å². The van der Waals surface area contributed by atoms with E-state index in [1.54, 1.807) is 7.11 Å². The fourth-order valence-corrected chi connectivity index (χ4v) is 7.24. The van der Waals surface area contributed by atoms with E-state index in [0.717, 1.165) is 31.4 Å². The Hall–Kier alpha value is -1.75. The van der Waals surface area contributed by atoms with Crippen LogP contribution in [0.4, 0.5) is 5.69 Å². The Morgan fingerprint density at radius 3 is 2.97 bits per heavy atom. The van der Waals surface area contributed by atoms with Gasteiger partial charge in [-0.25, -0.2) is 0 Å².